The van der Waals surface area contributed by atoms with Crippen LogP contribution in [0.3, 0.4) is 0 Å². The molecule has 35 heavy (non-hydrogen) atoms. The minimum atomic E-state index is 0.0465. The van der Waals surface area contributed by atoms with Crippen LogP contribution < -0.4 is 0 Å². The van der Waals surface area contributed by atoms with Crippen LogP contribution in [0.5, 0.6) is 0 Å². The van der Waals surface area contributed by atoms with E-state index < -0.39 is 0 Å². The van der Waals surface area contributed by atoms with Gasteiger partial charge in [0.2, 0.25) is 0 Å². The number of halogens is 1. The monoisotopic (exact) mass is 479 g/mol. The molecule has 2 aliphatic rings. The van der Waals surface area contributed by atoms with Crippen molar-refractivity contribution in [3.8, 4) is 22.5 Å². The van der Waals surface area contributed by atoms with Crippen molar-refractivity contribution in [3.05, 3.63) is 84.0 Å². The van der Waals surface area contributed by atoms with Gasteiger partial charge in [0.25, 0.3) is 0 Å². The Kier molecular flexibility index (Phi) is 4.73. The van der Waals surface area contributed by atoms with Crippen LogP contribution in [0.4, 0.5) is 0 Å². The largest absolute Gasteiger partial charge is 0.300 e. The van der Waals surface area contributed by atoms with Gasteiger partial charge in [0, 0.05) is 40.4 Å². The molecule has 0 radical (unpaired) electrons. The highest BCUT2D eigenvalue weighted by atomic mass is 35.5. The van der Waals surface area contributed by atoms with E-state index in [1.54, 1.807) is 0 Å². The van der Waals surface area contributed by atoms with Gasteiger partial charge in [-0.25, -0.2) is 9.97 Å². The first kappa shape index (κ1) is 21.0. The SMILES string of the molecule is CC1(c2nc(-c3cc4nc(-c5ccccc5)ccc4cc3Cl)c3cnccn23)CC(N2CCC2)C1. The molecule has 1 saturated heterocycles. The van der Waals surface area contributed by atoms with Crippen LogP contribution in [0.2, 0.25) is 5.02 Å². The molecule has 2 fully saturated rings. The molecule has 1 saturated carbocycles. The van der Waals surface area contributed by atoms with Crippen LogP contribution in [0.1, 0.15) is 32.0 Å². The second kappa shape index (κ2) is 7.87. The fraction of sp³-hybridized carbons (Fsp3) is 0.276. The van der Waals surface area contributed by atoms with E-state index in [2.05, 4.69) is 45.5 Å². The average Bonchev–Trinajstić information content (AvgIpc) is 3.22. The molecule has 0 N–H and O–H groups in total. The fourth-order valence-electron chi connectivity index (χ4n) is 5.78. The van der Waals surface area contributed by atoms with Crippen molar-refractivity contribution in [2.75, 3.05) is 13.1 Å². The maximum absolute atomic E-state index is 6.85. The number of likely N-dealkylation sites (tertiary alicyclic amines) is 1. The number of hydrogen-bond donors (Lipinski definition) is 0. The van der Waals surface area contributed by atoms with Gasteiger partial charge in [-0.3, -0.25) is 9.38 Å². The van der Waals surface area contributed by atoms with Crippen LogP contribution in [0.15, 0.2) is 73.2 Å². The zero-order valence-corrected chi connectivity index (χ0v) is 20.4. The van der Waals surface area contributed by atoms with Crippen molar-refractivity contribution in [1.29, 1.82) is 0 Å². The van der Waals surface area contributed by atoms with Crippen molar-refractivity contribution < 1.29 is 0 Å². The summed E-state index contributed by atoms with van der Waals surface area (Å²) >= 11 is 6.85. The molecule has 5 nitrogen and oxygen atoms in total. The van der Waals surface area contributed by atoms with Crippen LogP contribution >= 0.6 is 11.6 Å². The summed E-state index contributed by atoms with van der Waals surface area (Å²) < 4.78 is 2.21. The Bertz CT molecular complexity index is 1560. The first-order chi connectivity index (χ1) is 17.1. The summed E-state index contributed by atoms with van der Waals surface area (Å²) in [5.41, 5.74) is 5.75. The molecule has 3 aromatic heterocycles. The second-order valence-electron chi connectivity index (χ2n) is 10.2. The van der Waals surface area contributed by atoms with E-state index in [0.717, 1.165) is 57.6 Å². The lowest BCUT2D eigenvalue weighted by molar-refractivity contribution is 0.0163. The topological polar surface area (TPSA) is 46.3 Å². The summed E-state index contributed by atoms with van der Waals surface area (Å²) in [4.78, 5) is 17.2. The van der Waals surface area contributed by atoms with Gasteiger partial charge in [-0.05, 0) is 50.6 Å². The van der Waals surface area contributed by atoms with Crippen molar-refractivity contribution >= 4 is 28.0 Å². The molecule has 2 aromatic carbocycles. The molecule has 1 aliphatic carbocycles. The molecular weight excluding hydrogens is 454 g/mol. The maximum Gasteiger partial charge on any atom is 0.120 e. The van der Waals surface area contributed by atoms with Gasteiger partial charge in [0.1, 0.15) is 5.82 Å². The van der Waals surface area contributed by atoms with Gasteiger partial charge in [-0.2, -0.15) is 0 Å². The first-order valence-electron chi connectivity index (χ1n) is 12.3. The van der Waals surface area contributed by atoms with Crippen molar-refractivity contribution in [2.24, 2.45) is 0 Å². The average molecular weight is 480 g/mol. The third-order valence-electron chi connectivity index (χ3n) is 7.87. The van der Waals surface area contributed by atoms with Gasteiger partial charge >= 0.3 is 0 Å². The molecule has 174 valence electrons. The second-order valence-corrected chi connectivity index (χ2v) is 10.6. The van der Waals surface area contributed by atoms with Gasteiger partial charge in [0.15, 0.2) is 0 Å². The minimum Gasteiger partial charge on any atom is -0.300 e. The fourth-order valence-corrected chi connectivity index (χ4v) is 6.05. The number of rotatable bonds is 4. The number of hydrogen-bond acceptors (Lipinski definition) is 4. The standard InChI is InChI=1S/C29H26ClN5/c1-29(16-21(17-29)34-11-5-12-34)28-33-27(26-18-31-10-13-35(26)28)22-15-25-20(14-23(22)30)8-9-24(32-25)19-6-3-2-4-7-19/h2-4,6-10,13-15,18,21H,5,11-12,16-17H2,1H3. The smallest absolute Gasteiger partial charge is 0.120 e. The number of benzene rings is 2. The summed E-state index contributed by atoms with van der Waals surface area (Å²) in [6.07, 6.45) is 9.38. The van der Waals surface area contributed by atoms with E-state index in [0.29, 0.717) is 11.1 Å². The quantitative estimate of drug-likeness (QED) is 0.299. The highest BCUT2D eigenvalue weighted by Crippen LogP contribution is 2.47. The molecular formula is C29H26ClN5. The molecule has 0 spiro atoms. The molecule has 5 aromatic rings. The van der Waals surface area contributed by atoms with E-state index in [4.69, 9.17) is 21.6 Å². The Morgan fingerprint density at radius 3 is 2.60 bits per heavy atom. The molecule has 0 unspecified atom stereocenters. The number of fused-ring (bicyclic) bond motifs is 2. The molecule has 7 rings (SSSR count). The Morgan fingerprint density at radius 1 is 1.00 bits per heavy atom. The van der Waals surface area contributed by atoms with E-state index >= 15 is 0 Å². The predicted octanol–water partition coefficient (Wildman–Crippen LogP) is 6.39. The van der Waals surface area contributed by atoms with Crippen LogP contribution in [-0.4, -0.2) is 43.4 Å². The molecule has 0 atom stereocenters. The number of aromatic nitrogens is 4. The number of imidazole rings is 1. The maximum atomic E-state index is 6.85. The molecule has 6 heteroatoms. The van der Waals surface area contributed by atoms with E-state index in [1.165, 1.54) is 19.5 Å². The lowest BCUT2D eigenvalue weighted by Gasteiger charge is -2.52. The van der Waals surface area contributed by atoms with Crippen molar-refractivity contribution in [2.45, 2.75) is 37.6 Å². The van der Waals surface area contributed by atoms with Crippen molar-refractivity contribution in [1.82, 2.24) is 24.3 Å². The Hall–Kier alpha value is -3.28. The van der Waals surface area contributed by atoms with E-state index in [-0.39, 0.29) is 5.41 Å². The predicted molar refractivity (Wildman–Crippen MR) is 141 cm³/mol. The van der Waals surface area contributed by atoms with Gasteiger partial charge in [-0.15, -0.1) is 0 Å². The molecule has 1 aliphatic heterocycles. The third kappa shape index (κ3) is 3.37. The number of pyridine rings is 1. The van der Waals surface area contributed by atoms with Crippen LogP contribution in [0, 0.1) is 0 Å². The van der Waals surface area contributed by atoms with Gasteiger partial charge in [-0.1, -0.05) is 54.9 Å². The first-order valence-corrected chi connectivity index (χ1v) is 12.7. The third-order valence-corrected chi connectivity index (χ3v) is 8.18. The zero-order chi connectivity index (χ0) is 23.6. The minimum absolute atomic E-state index is 0.0465. The van der Waals surface area contributed by atoms with Gasteiger partial charge in [0.05, 0.1) is 33.6 Å². The summed E-state index contributed by atoms with van der Waals surface area (Å²) in [7, 11) is 0. The summed E-state index contributed by atoms with van der Waals surface area (Å²) in [6, 6.07) is 19.1. The Morgan fingerprint density at radius 2 is 1.83 bits per heavy atom. The Balaban J connectivity index is 1.34. The highest BCUT2D eigenvalue weighted by Gasteiger charge is 2.48. The summed E-state index contributed by atoms with van der Waals surface area (Å²) in [5.74, 6) is 1.10. The highest BCUT2D eigenvalue weighted by molar-refractivity contribution is 6.34. The Labute approximate surface area is 209 Å². The van der Waals surface area contributed by atoms with Crippen LogP contribution in [0.25, 0.3) is 38.9 Å². The molecule has 0 bridgehead atoms. The summed E-state index contributed by atoms with van der Waals surface area (Å²) in [6.45, 7) is 4.82. The lowest BCUT2D eigenvalue weighted by atomic mass is 9.65. The van der Waals surface area contributed by atoms with E-state index in [1.807, 2.05) is 48.9 Å². The zero-order valence-electron chi connectivity index (χ0n) is 19.7. The van der Waals surface area contributed by atoms with E-state index in [9.17, 15) is 0 Å². The van der Waals surface area contributed by atoms with Crippen LogP contribution in [-0.2, 0) is 5.41 Å². The van der Waals surface area contributed by atoms with Gasteiger partial charge < -0.3 is 4.90 Å². The normalized spacial score (nSPS) is 22.3. The number of nitrogens with zero attached hydrogens (tertiary/aromatic N) is 5. The lowest BCUT2D eigenvalue weighted by Crippen LogP contribution is -2.56. The van der Waals surface area contributed by atoms with Crippen molar-refractivity contribution in [3.63, 3.8) is 0 Å². The summed E-state index contributed by atoms with van der Waals surface area (Å²) in [5, 5.41) is 1.70. The molecule has 0 amide bonds. The molecule has 4 heterocycles.